The number of nitrogens with one attached hydrogen (secondary N) is 3. The Labute approximate surface area is 178 Å². The molecule has 8 heteroatoms. The predicted octanol–water partition coefficient (Wildman–Crippen LogP) is 1.66. The molecule has 2 heterocycles. The van der Waals surface area contributed by atoms with Gasteiger partial charge in [-0.2, -0.15) is 11.8 Å². The molecule has 0 aromatic carbocycles. The Bertz CT molecular complexity index is 502. The Balaban J connectivity index is 1.49. The molecule has 1 saturated carbocycles. The molecule has 0 bridgehead atoms. The van der Waals surface area contributed by atoms with Gasteiger partial charge in [-0.25, -0.2) is 0 Å². The second-order valence-electron chi connectivity index (χ2n) is 8.46. The van der Waals surface area contributed by atoms with E-state index in [0.717, 1.165) is 49.2 Å². The second kappa shape index (κ2) is 11.7. The topological polar surface area (TPSA) is 73.5 Å². The van der Waals surface area contributed by atoms with E-state index < -0.39 is 6.04 Å². The molecule has 3 N–H and O–H groups in total. The third-order valence-electron chi connectivity index (χ3n) is 6.09. The highest BCUT2D eigenvalue weighted by atomic mass is 32.2. The van der Waals surface area contributed by atoms with Crippen LogP contribution in [0.15, 0.2) is 0 Å². The van der Waals surface area contributed by atoms with Crippen LogP contribution in [0, 0.1) is 5.92 Å². The van der Waals surface area contributed by atoms with Crippen LogP contribution in [0.2, 0.25) is 0 Å². The Morgan fingerprint density at radius 2 is 1.93 bits per heavy atom. The SMILES string of the molecule is CN1CCC(NC(=O)C(CSCC2CCCCC2)NC(=O)C2CSCN2)CC1. The number of nitrogens with zero attached hydrogens (tertiary/aromatic N) is 1. The predicted molar refractivity (Wildman–Crippen MR) is 119 cm³/mol. The van der Waals surface area contributed by atoms with Gasteiger partial charge in [0.15, 0.2) is 0 Å². The molecule has 2 amide bonds. The summed E-state index contributed by atoms with van der Waals surface area (Å²) in [6, 6.07) is -0.383. The van der Waals surface area contributed by atoms with Crippen molar-refractivity contribution in [3.63, 3.8) is 0 Å². The molecule has 28 heavy (non-hydrogen) atoms. The first-order chi connectivity index (χ1) is 13.6. The molecule has 3 aliphatic rings. The van der Waals surface area contributed by atoms with Crippen LogP contribution in [-0.4, -0.2) is 78.1 Å². The van der Waals surface area contributed by atoms with Crippen molar-refractivity contribution < 1.29 is 9.59 Å². The molecule has 0 spiro atoms. The maximum atomic E-state index is 12.9. The van der Waals surface area contributed by atoms with E-state index in [9.17, 15) is 9.59 Å². The number of piperidine rings is 1. The third kappa shape index (κ3) is 7.11. The average Bonchev–Trinajstić information content (AvgIpc) is 3.25. The zero-order chi connectivity index (χ0) is 19.8. The summed E-state index contributed by atoms with van der Waals surface area (Å²) in [5.41, 5.74) is 0. The first-order valence-corrected chi connectivity index (χ1v) is 13.1. The molecule has 6 nitrogen and oxygen atoms in total. The van der Waals surface area contributed by atoms with Crippen molar-refractivity contribution in [2.75, 3.05) is 43.3 Å². The minimum absolute atomic E-state index is 0.00954. The van der Waals surface area contributed by atoms with Crippen LogP contribution in [0.1, 0.15) is 44.9 Å². The Kier molecular flexibility index (Phi) is 9.27. The van der Waals surface area contributed by atoms with Gasteiger partial charge in [0.25, 0.3) is 0 Å². The summed E-state index contributed by atoms with van der Waals surface area (Å²) in [6.45, 7) is 2.03. The van der Waals surface area contributed by atoms with E-state index in [4.69, 9.17) is 0 Å². The minimum Gasteiger partial charge on any atom is -0.351 e. The monoisotopic (exact) mass is 428 g/mol. The quantitative estimate of drug-likeness (QED) is 0.546. The number of carbonyl (C=O) groups is 2. The summed E-state index contributed by atoms with van der Waals surface area (Å²) in [6.07, 6.45) is 8.65. The number of rotatable bonds is 8. The molecule has 2 unspecified atom stereocenters. The largest absolute Gasteiger partial charge is 0.351 e. The lowest BCUT2D eigenvalue weighted by Gasteiger charge is -2.31. The van der Waals surface area contributed by atoms with Gasteiger partial charge >= 0.3 is 0 Å². The summed E-state index contributed by atoms with van der Waals surface area (Å²) in [5.74, 6) is 4.09. The maximum absolute atomic E-state index is 12.9. The van der Waals surface area contributed by atoms with E-state index >= 15 is 0 Å². The molecule has 0 aromatic rings. The molecule has 1 aliphatic carbocycles. The molecule has 3 fully saturated rings. The van der Waals surface area contributed by atoms with Crippen molar-refractivity contribution >= 4 is 35.3 Å². The van der Waals surface area contributed by atoms with Gasteiger partial charge in [0.2, 0.25) is 11.8 Å². The fourth-order valence-electron chi connectivity index (χ4n) is 4.18. The molecule has 3 rings (SSSR count). The second-order valence-corrected chi connectivity index (χ2v) is 10.6. The fraction of sp³-hybridized carbons (Fsp3) is 0.900. The summed E-state index contributed by atoms with van der Waals surface area (Å²) in [5, 5.41) is 9.44. The van der Waals surface area contributed by atoms with Crippen LogP contribution in [0.3, 0.4) is 0 Å². The van der Waals surface area contributed by atoms with E-state index in [2.05, 4.69) is 27.9 Å². The molecule has 0 radical (unpaired) electrons. The zero-order valence-corrected chi connectivity index (χ0v) is 18.7. The van der Waals surface area contributed by atoms with E-state index in [0.29, 0.717) is 5.75 Å². The van der Waals surface area contributed by atoms with E-state index in [1.165, 1.54) is 32.1 Å². The smallest absolute Gasteiger partial charge is 0.243 e. The normalized spacial score (nSPS) is 26.1. The molecule has 2 aliphatic heterocycles. The lowest BCUT2D eigenvalue weighted by atomic mass is 9.91. The molecule has 0 aromatic heterocycles. The van der Waals surface area contributed by atoms with Crippen LogP contribution < -0.4 is 16.0 Å². The van der Waals surface area contributed by atoms with Crippen LogP contribution in [0.4, 0.5) is 0 Å². The van der Waals surface area contributed by atoms with Crippen LogP contribution in [-0.2, 0) is 9.59 Å². The van der Waals surface area contributed by atoms with Crippen molar-refractivity contribution in [2.24, 2.45) is 5.92 Å². The number of carbonyl (C=O) groups excluding carboxylic acids is 2. The Hall–Kier alpha value is -0.440. The highest BCUT2D eigenvalue weighted by Gasteiger charge is 2.29. The number of hydrogen-bond donors (Lipinski definition) is 3. The van der Waals surface area contributed by atoms with Crippen molar-refractivity contribution in [2.45, 2.75) is 63.1 Å². The maximum Gasteiger partial charge on any atom is 0.243 e. The van der Waals surface area contributed by atoms with Gasteiger partial charge in [0.1, 0.15) is 6.04 Å². The average molecular weight is 429 g/mol. The van der Waals surface area contributed by atoms with Gasteiger partial charge in [-0.05, 0) is 57.5 Å². The number of amides is 2. The van der Waals surface area contributed by atoms with Crippen molar-refractivity contribution in [3.05, 3.63) is 0 Å². The first kappa shape index (κ1) is 22.2. The number of hydrogen-bond acceptors (Lipinski definition) is 6. The minimum atomic E-state index is -0.437. The Morgan fingerprint density at radius 3 is 2.61 bits per heavy atom. The molecular formula is C20H36N4O2S2. The summed E-state index contributed by atoms with van der Waals surface area (Å²) in [7, 11) is 2.12. The Morgan fingerprint density at radius 1 is 1.18 bits per heavy atom. The van der Waals surface area contributed by atoms with Gasteiger partial charge in [0.05, 0.1) is 6.04 Å². The van der Waals surface area contributed by atoms with Gasteiger partial charge in [-0.15, -0.1) is 11.8 Å². The van der Waals surface area contributed by atoms with Crippen LogP contribution in [0.5, 0.6) is 0 Å². The number of thioether (sulfide) groups is 2. The van der Waals surface area contributed by atoms with Gasteiger partial charge in [-0.3, -0.25) is 14.9 Å². The summed E-state index contributed by atoms with van der Waals surface area (Å²) >= 11 is 3.56. The standard InChI is InChI=1S/C20H36N4O2S2/c1-24-9-7-16(8-10-24)22-20(26)18(23-19(25)17-12-28-14-21-17)13-27-11-15-5-3-2-4-6-15/h15-18,21H,2-14H2,1H3,(H,22,26)(H,23,25). The van der Waals surface area contributed by atoms with Crippen molar-refractivity contribution in [3.8, 4) is 0 Å². The van der Waals surface area contributed by atoms with Gasteiger partial charge in [0, 0.05) is 23.4 Å². The lowest BCUT2D eigenvalue weighted by Crippen LogP contribution is -2.55. The fourth-order valence-corrected chi connectivity index (χ4v) is 6.39. The van der Waals surface area contributed by atoms with E-state index in [-0.39, 0.29) is 23.9 Å². The molecule has 2 atom stereocenters. The highest BCUT2D eigenvalue weighted by Crippen LogP contribution is 2.27. The first-order valence-electron chi connectivity index (χ1n) is 10.8. The molecular weight excluding hydrogens is 392 g/mol. The lowest BCUT2D eigenvalue weighted by molar-refractivity contribution is -0.129. The summed E-state index contributed by atoms with van der Waals surface area (Å²) in [4.78, 5) is 27.8. The summed E-state index contributed by atoms with van der Waals surface area (Å²) < 4.78 is 0. The van der Waals surface area contributed by atoms with Crippen molar-refractivity contribution in [1.82, 2.24) is 20.9 Å². The highest BCUT2D eigenvalue weighted by molar-refractivity contribution is 7.99. The molecule has 160 valence electrons. The van der Waals surface area contributed by atoms with Crippen LogP contribution in [0.25, 0.3) is 0 Å². The zero-order valence-electron chi connectivity index (χ0n) is 17.1. The number of likely N-dealkylation sites (tertiary alicyclic amines) is 1. The van der Waals surface area contributed by atoms with E-state index in [1.54, 1.807) is 11.8 Å². The third-order valence-corrected chi connectivity index (χ3v) is 8.31. The van der Waals surface area contributed by atoms with Crippen molar-refractivity contribution in [1.29, 1.82) is 0 Å². The van der Waals surface area contributed by atoms with Gasteiger partial charge in [-0.1, -0.05) is 19.3 Å². The van der Waals surface area contributed by atoms with E-state index in [1.807, 2.05) is 11.8 Å². The van der Waals surface area contributed by atoms with Gasteiger partial charge < -0.3 is 15.5 Å². The van der Waals surface area contributed by atoms with Crippen LogP contribution >= 0.6 is 23.5 Å². The molecule has 2 saturated heterocycles.